The number of unbranched alkanes of at least 4 members (excludes halogenated alkanes) is 1. The lowest BCUT2D eigenvalue weighted by Crippen LogP contribution is -2.52. The van der Waals surface area contributed by atoms with Crippen LogP contribution in [0.25, 0.3) is 0 Å². The highest BCUT2D eigenvalue weighted by atomic mass is 32.2. The highest BCUT2D eigenvalue weighted by molar-refractivity contribution is 7.86. The minimum Gasteiger partial charge on any atom is -0.496 e. The summed E-state index contributed by atoms with van der Waals surface area (Å²) < 4.78 is 34.4. The molecular formula is C16H27N3O3S. The predicted molar refractivity (Wildman–Crippen MR) is 91.8 cm³/mol. The number of benzene rings is 1. The summed E-state index contributed by atoms with van der Waals surface area (Å²) in [4.78, 5) is 0. The quantitative estimate of drug-likeness (QED) is 0.819. The van der Waals surface area contributed by atoms with Crippen LogP contribution in [0.4, 0.5) is 0 Å². The average Bonchev–Trinajstić information content (AvgIpc) is 2.59. The van der Waals surface area contributed by atoms with Crippen molar-refractivity contribution in [3.8, 4) is 5.75 Å². The van der Waals surface area contributed by atoms with Gasteiger partial charge < -0.3 is 10.1 Å². The molecule has 1 aliphatic heterocycles. The molecule has 1 N–H and O–H groups in total. The molecule has 1 atom stereocenters. The molecule has 6 nitrogen and oxygen atoms in total. The summed E-state index contributed by atoms with van der Waals surface area (Å²) in [6.07, 6.45) is 1.83. The zero-order valence-corrected chi connectivity index (χ0v) is 15.0. The molecule has 130 valence electrons. The summed E-state index contributed by atoms with van der Waals surface area (Å²) in [6.45, 7) is 4.31. The Hall–Kier alpha value is -1.15. The van der Waals surface area contributed by atoms with Gasteiger partial charge in [0.2, 0.25) is 0 Å². The molecule has 1 heterocycles. The highest BCUT2D eigenvalue weighted by Crippen LogP contribution is 2.32. The van der Waals surface area contributed by atoms with E-state index >= 15 is 0 Å². The first kappa shape index (κ1) is 18.2. The zero-order chi connectivity index (χ0) is 16.9. The van der Waals surface area contributed by atoms with Crippen molar-refractivity contribution in [1.29, 1.82) is 0 Å². The molecule has 23 heavy (non-hydrogen) atoms. The second-order valence-electron chi connectivity index (χ2n) is 5.76. The largest absolute Gasteiger partial charge is 0.496 e. The molecule has 2 rings (SSSR count). The smallest absolute Gasteiger partial charge is 0.282 e. The van der Waals surface area contributed by atoms with Crippen molar-refractivity contribution in [2.45, 2.75) is 25.8 Å². The molecule has 0 saturated carbocycles. The van der Waals surface area contributed by atoms with Crippen LogP contribution in [0.2, 0.25) is 0 Å². The monoisotopic (exact) mass is 341 g/mol. The second kappa shape index (κ2) is 8.10. The standard InChI is InChI=1S/C16H27N3O3S/c1-4-5-11-18(2)23(20,21)19-12-10-17-13-15(19)14-8-6-7-9-16(14)22-3/h6-9,15,17H,4-5,10-13H2,1-3H3. The van der Waals surface area contributed by atoms with Crippen molar-refractivity contribution in [2.75, 3.05) is 40.3 Å². The van der Waals surface area contributed by atoms with Gasteiger partial charge in [-0.05, 0) is 12.5 Å². The Morgan fingerprint density at radius 3 is 2.83 bits per heavy atom. The van der Waals surface area contributed by atoms with Gasteiger partial charge in [-0.2, -0.15) is 17.0 Å². The van der Waals surface area contributed by atoms with E-state index in [1.807, 2.05) is 24.3 Å². The SMILES string of the molecule is CCCCN(C)S(=O)(=O)N1CCNCC1c1ccccc1OC. The molecule has 0 amide bonds. The normalized spacial score (nSPS) is 19.9. The van der Waals surface area contributed by atoms with Gasteiger partial charge in [0.1, 0.15) is 5.75 Å². The van der Waals surface area contributed by atoms with Gasteiger partial charge in [0.05, 0.1) is 13.2 Å². The topological polar surface area (TPSA) is 61.9 Å². The van der Waals surface area contributed by atoms with Crippen molar-refractivity contribution < 1.29 is 13.2 Å². The van der Waals surface area contributed by atoms with E-state index in [-0.39, 0.29) is 6.04 Å². The Morgan fingerprint density at radius 2 is 2.13 bits per heavy atom. The van der Waals surface area contributed by atoms with Gasteiger partial charge >= 0.3 is 0 Å². The van der Waals surface area contributed by atoms with Crippen LogP contribution in [-0.2, 0) is 10.2 Å². The van der Waals surface area contributed by atoms with Gasteiger partial charge in [0.25, 0.3) is 10.2 Å². The Kier molecular flexibility index (Phi) is 6.41. The summed E-state index contributed by atoms with van der Waals surface area (Å²) >= 11 is 0. The first-order valence-electron chi connectivity index (χ1n) is 8.09. The molecule has 1 fully saturated rings. The van der Waals surface area contributed by atoms with Crippen LogP contribution >= 0.6 is 0 Å². The first-order chi connectivity index (χ1) is 11.0. The van der Waals surface area contributed by atoms with Crippen LogP contribution in [0.15, 0.2) is 24.3 Å². The molecule has 1 saturated heterocycles. The molecule has 1 aromatic rings. The lowest BCUT2D eigenvalue weighted by molar-refractivity contribution is 0.247. The molecule has 1 aromatic carbocycles. The number of nitrogens with one attached hydrogen (secondary N) is 1. The van der Waals surface area contributed by atoms with Crippen molar-refractivity contribution in [3.63, 3.8) is 0 Å². The van der Waals surface area contributed by atoms with E-state index in [4.69, 9.17) is 4.74 Å². The lowest BCUT2D eigenvalue weighted by Gasteiger charge is -2.38. The molecule has 0 aromatic heterocycles. The summed E-state index contributed by atoms with van der Waals surface area (Å²) in [5, 5.41) is 3.29. The van der Waals surface area contributed by atoms with E-state index in [0.717, 1.165) is 24.2 Å². The average molecular weight is 341 g/mol. The maximum atomic E-state index is 13.0. The van der Waals surface area contributed by atoms with Crippen molar-refractivity contribution in [3.05, 3.63) is 29.8 Å². The van der Waals surface area contributed by atoms with E-state index in [9.17, 15) is 8.42 Å². The van der Waals surface area contributed by atoms with Crippen LogP contribution < -0.4 is 10.1 Å². The van der Waals surface area contributed by atoms with Crippen LogP contribution in [0.3, 0.4) is 0 Å². The summed E-state index contributed by atoms with van der Waals surface area (Å²) in [5.41, 5.74) is 0.898. The van der Waals surface area contributed by atoms with Crippen molar-refractivity contribution in [1.82, 2.24) is 13.9 Å². The fourth-order valence-electron chi connectivity index (χ4n) is 2.84. The molecule has 0 bridgehead atoms. The van der Waals surface area contributed by atoms with Crippen molar-refractivity contribution in [2.24, 2.45) is 0 Å². The van der Waals surface area contributed by atoms with Gasteiger partial charge in [0.15, 0.2) is 0 Å². The number of methoxy groups -OCH3 is 1. The van der Waals surface area contributed by atoms with Crippen LogP contribution in [-0.4, -0.2) is 57.4 Å². The predicted octanol–water partition coefficient (Wildman–Crippen LogP) is 1.62. The Morgan fingerprint density at radius 1 is 1.39 bits per heavy atom. The van der Waals surface area contributed by atoms with E-state index in [1.165, 1.54) is 4.31 Å². The number of ether oxygens (including phenoxy) is 1. The second-order valence-corrected chi connectivity index (χ2v) is 7.74. The zero-order valence-electron chi connectivity index (χ0n) is 14.2. The van der Waals surface area contributed by atoms with E-state index < -0.39 is 10.2 Å². The molecule has 0 aliphatic carbocycles. The minimum absolute atomic E-state index is 0.256. The van der Waals surface area contributed by atoms with Crippen LogP contribution in [0, 0.1) is 0 Å². The lowest BCUT2D eigenvalue weighted by atomic mass is 10.0. The molecule has 1 unspecified atom stereocenters. The highest BCUT2D eigenvalue weighted by Gasteiger charge is 2.36. The third kappa shape index (κ3) is 4.03. The third-order valence-electron chi connectivity index (χ3n) is 4.21. The molecule has 7 heteroatoms. The number of rotatable bonds is 7. The Balaban J connectivity index is 2.31. The maximum Gasteiger partial charge on any atom is 0.282 e. The summed E-state index contributed by atoms with van der Waals surface area (Å²) in [7, 11) is -0.214. The van der Waals surface area contributed by atoms with Crippen LogP contribution in [0.1, 0.15) is 31.4 Å². The van der Waals surface area contributed by atoms with Crippen LogP contribution in [0.5, 0.6) is 5.75 Å². The Labute approximate surface area is 139 Å². The first-order valence-corrected chi connectivity index (χ1v) is 9.48. The van der Waals surface area contributed by atoms with Gasteiger partial charge in [0, 0.05) is 38.8 Å². The van der Waals surface area contributed by atoms with Gasteiger partial charge in [-0.25, -0.2) is 0 Å². The number of nitrogens with zero attached hydrogens (tertiary/aromatic N) is 2. The minimum atomic E-state index is -3.49. The summed E-state index contributed by atoms with van der Waals surface area (Å²) in [6, 6.07) is 7.36. The molecule has 0 spiro atoms. The van der Waals surface area contributed by atoms with Gasteiger partial charge in [-0.15, -0.1) is 0 Å². The van der Waals surface area contributed by atoms with E-state index in [0.29, 0.717) is 26.2 Å². The molecular weight excluding hydrogens is 314 g/mol. The Bertz CT molecular complexity index is 606. The molecule has 0 radical (unpaired) electrons. The fraction of sp³-hybridized carbons (Fsp3) is 0.625. The maximum absolute atomic E-state index is 13.0. The third-order valence-corrected chi connectivity index (χ3v) is 6.21. The van der Waals surface area contributed by atoms with E-state index in [2.05, 4.69) is 12.2 Å². The number of hydrogen-bond acceptors (Lipinski definition) is 4. The number of piperazine rings is 1. The number of para-hydroxylation sites is 1. The van der Waals surface area contributed by atoms with E-state index in [1.54, 1.807) is 18.5 Å². The number of hydrogen-bond donors (Lipinski definition) is 1. The summed E-state index contributed by atoms with van der Waals surface area (Å²) in [5.74, 6) is 0.720. The van der Waals surface area contributed by atoms with Gasteiger partial charge in [-0.3, -0.25) is 0 Å². The van der Waals surface area contributed by atoms with Crippen molar-refractivity contribution >= 4 is 10.2 Å². The van der Waals surface area contributed by atoms with Gasteiger partial charge in [-0.1, -0.05) is 31.5 Å². The fourth-order valence-corrected chi connectivity index (χ4v) is 4.39. The molecule has 1 aliphatic rings.